The van der Waals surface area contributed by atoms with Crippen LogP contribution in [0.15, 0.2) is 4.99 Å². The lowest BCUT2D eigenvalue weighted by atomic mass is 9.77. The minimum atomic E-state index is -4.12. The molecule has 0 radical (unpaired) electrons. The third kappa shape index (κ3) is 3.95. The van der Waals surface area contributed by atoms with Crippen molar-refractivity contribution in [2.24, 2.45) is 16.8 Å². The first-order chi connectivity index (χ1) is 8.40. The van der Waals surface area contributed by atoms with E-state index in [4.69, 9.17) is 5.11 Å². The zero-order valence-electron chi connectivity index (χ0n) is 10.8. The molecule has 1 rings (SSSR count). The maximum absolute atomic E-state index is 12.8. The van der Waals surface area contributed by atoms with Crippen molar-refractivity contribution in [1.29, 1.82) is 0 Å². The van der Waals surface area contributed by atoms with Crippen LogP contribution in [-0.4, -0.2) is 55.7 Å². The fraction of sp³-hybridized carbons (Fsp3) is 0.917. The van der Waals surface area contributed by atoms with E-state index < -0.39 is 12.1 Å². The Balaban J connectivity index is 2.76. The van der Waals surface area contributed by atoms with E-state index >= 15 is 0 Å². The van der Waals surface area contributed by atoms with Gasteiger partial charge in [-0.2, -0.15) is 13.2 Å². The summed E-state index contributed by atoms with van der Waals surface area (Å²) < 4.78 is 38.3. The van der Waals surface area contributed by atoms with Crippen molar-refractivity contribution in [3.8, 4) is 0 Å². The summed E-state index contributed by atoms with van der Waals surface area (Å²) in [5.74, 6) is -1.18. The zero-order chi connectivity index (χ0) is 13.8. The van der Waals surface area contributed by atoms with E-state index in [1.165, 1.54) is 0 Å². The molecule has 1 saturated carbocycles. The molecule has 1 N–H and O–H groups in total. The van der Waals surface area contributed by atoms with E-state index in [9.17, 15) is 13.2 Å². The molecule has 3 nitrogen and oxygen atoms in total. The lowest BCUT2D eigenvalue weighted by Crippen LogP contribution is -2.46. The summed E-state index contributed by atoms with van der Waals surface area (Å²) in [5, 5.41) is 8.91. The van der Waals surface area contributed by atoms with Gasteiger partial charge < -0.3 is 15.0 Å². The van der Waals surface area contributed by atoms with Crippen molar-refractivity contribution < 1.29 is 18.3 Å². The van der Waals surface area contributed by atoms with Crippen molar-refractivity contribution in [1.82, 2.24) is 4.90 Å². The second kappa shape index (κ2) is 6.52. The minimum Gasteiger partial charge on any atom is -0.395 e. The number of hydrogen-bond acceptors (Lipinski definition) is 3. The van der Waals surface area contributed by atoms with E-state index in [2.05, 4.69) is 4.99 Å². The van der Waals surface area contributed by atoms with Crippen molar-refractivity contribution in [3.05, 3.63) is 0 Å². The van der Waals surface area contributed by atoms with E-state index in [1.807, 2.05) is 4.90 Å². The number of hydrogen-bond donors (Lipinski definition) is 1. The highest BCUT2D eigenvalue weighted by Gasteiger charge is 2.45. The maximum atomic E-state index is 12.8. The lowest BCUT2D eigenvalue weighted by molar-refractivity contribution is -0.188. The molecule has 1 aliphatic rings. The molecular weight excluding hydrogens is 245 g/mol. The highest BCUT2D eigenvalue weighted by molar-refractivity contribution is 5.61. The summed E-state index contributed by atoms with van der Waals surface area (Å²) in [4.78, 5) is 5.75. The lowest BCUT2D eigenvalue weighted by Gasteiger charge is -2.40. The summed E-state index contributed by atoms with van der Waals surface area (Å²) in [6.07, 6.45) is -1.61. The van der Waals surface area contributed by atoms with E-state index in [0.717, 1.165) is 0 Å². The fourth-order valence-corrected chi connectivity index (χ4v) is 2.66. The molecule has 18 heavy (non-hydrogen) atoms. The molecule has 1 fully saturated rings. The predicted octanol–water partition coefficient (Wildman–Crippen LogP) is 1.96. The van der Waals surface area contributed by atoms with Crippen LogP contribution in [0.3, 0.4) is 0 Å². The van der Waals surface area contributed by atoms with Gasteiger partial charge in [0.25, 0.3) is 0 Å². The molecule has 1 aliphatic carbocycles. The monoisotopic (exact) mass is 266 g/mol. The number of aliphatic imine (C=N–C) groups is 1. The molecule has 6 heteroatoms. The predicted molar refractivity (Wildman–Crippen MR) is 64.8 cm³/mol. The zero-order valence-corrected chi connectivity index (χ0v) is 10.8. The quantitative estimate of drug-likeness (QED) is 0.790. The van der Waals surface area contributed by atoms with Crippen LogP contribution in [0.5, 0.6) is 0 Å². The number of aliphatic hydroxyl groups is 1. The average Bonchev–Trinajstić information content (AvgIpc) is 2.28. The van der Waals surface area contributed by atoms with Crippen LogP contribution < -0.4 is 0 Å². The number of rotatable bonds is 4. The Bertz CT molecular complexity index is 281. The van der Waals surface area contributed by atoms with E-state index in [-0.39, 0.29) is 31.4 Å². The molecule has 0 aromatic rings. The molecule has 0 aromatic heterocycles. The van der Waals surface area contributed by atoms with Crippen LogP contribution in [0.25, 0.3) is 0 Å². The van der Waals surface area contributed by atoms with Crippen LogP contribution >= 0.6 is 0 Å². The Morgan fingerprint density at radius 1 is 1.39 bits per heavy atom. The molecule has 0 amide bonds. The Hall–Kier alpha value is -0.620. The molecule has 106 valence electrons. The Morgan fingerprint density at radius 2 is 2.06 bits per heavy atom. The van der Waals surface area contributed by atoms with Gasteiger partial charge in [-0.3, -0.25) is 0 Å². The highest BCUT2D eigenvalue weighted by Crippen LogP contribution is 2.40. The van der Waals surface area contributed by atoms with Gasteiger partial charge in [0.1, 0.15) is 0 Å². The van der Waals surface area contributed by atoms with Gasteiger partial charge in [-0.1, -0.05) is 0 Å². The van der Waals surface area contributed by atoms with Crippen LogP contribution in [0.4, 0.5) is 13.2 Å². The Kier molecular flexibility index (Phi) is 5.59. The van der Waals surface area contributed by atoms with Crippen LogP contribution in [0.1, 0.15) is 19.3 Å². The molecule has 0 bridgehead atoms. The molecule has 1 unspecified atom stereocenters. The van der Waals surface area contributed by atoms with Crippen molar-refractivity contribution in [3.63, 3.8) is 0 Å². The topological polar surface area (TPSA) is 35.8 Å². The normalized spacial score (nSPS) is 30.3. The smallest absolute Gasteiger partial charge is 0.391 e. The molecule has 0 saturated heterocycles. The van der Waals surface area contributed by atoms with Crippen LogP contribution in [-0.2, 0) is 0 Å². The van der Waals surface area contributed by atoms with Crippen LogP contribution in [0, 0.1) is 11.8 Å². The van der Waals surface area contributed by atoms with Crippen LogP contribution in [0.2, 0.25) is 0 Å². The molecule has 0 heterocycles. The third-order valence-corrected chi connectivity index (χ3v) is 3.69. The molecule has 0 aromatic carbocycles. The standard InChI is InChI=1S/C12H21F3N2O/c1-16-8-9-3-4-10(12(13,14)15)7-11(9)17(2)5-6-18/h8-11,18H,3-7H2,1-2H3/b16-8+/t9?,10-,11-/m0/s1. The Labute approximate surface area is 106 Å². The summed E-state index contributed by atoms with van der Waals surface area (Å²) in [6.45, 7) is 0.350. The summed E-state index contributed by atoms with van der Waals surface area (Å²) in [5.41, 5.74) is 0. The number of alkyl halides is 3. The molecule has 3 atom stereocenters. The first kappa shape index (κ1) is 15.4. The van der Waals surface area contributed by atoms with E-state index in [1.54, 1.807) is 20.3 Å². The maximum Gasteiger partial charge on any atom is 0.391 e. The van der Waals surface area contributed by atoms with Gasteiger partial charge in [-0.25, -0.2) is 0 Å². The van der Waals surface area contributed by atoms with E-state index in [0.29, 0.717) is 13.0 Å². The van der Waals surface area contributed by atoms with Gasteiger partial charge in [0.2, 0.25) is 0 Å². The minimum absolute atomic E-state index is 0.0420. The summed E-state index contributed by atoms with van der Waals surface area (Å²) >= 11 is 0. The van der Waals surface area contributed by atoms with Crippen molar-refractivity contribution in [2.45, 2.75) is 31.5 Å². The molecule has 0 aliphatic heterocycles. The molecule has 0 spiro atoms. The van der Waals surface area contributed by atoms with Crippen molar-refractivity contribution >= 4 is 6.21 Å². The molecular formula is C12H21F3N2O. The first-order valence-corrected chi connectivity index (χ1v) is 6.20. The van der Waals surface area contributed by atoms with Gasteiger partial charge >= 0.3 is 6.18 Å². The van der Waals surface area contributed by atoms with Gasteiger partial charge in [0.15, 0.2) is 0 Å². The number of aliphatic hydroxyl groups excluding tert-OH is 1. The number of halogens is 3. The average molecular weight is 266 g/mol. The largest absolute Gasteiger partial charge is 0.395 e. The number of nitrogens with zero attached hydrogens (tertiary/aromatic N) is 2. The van der Waals surface area contributed by atoms with Crippen molar-refractivity contribution in [2.75, 3.05) is 27.2 Å². The number of likely N-dealkylation sites (N-methyl/N-ethyl adjacent to an activating group) is 1. The SMILES string of the molecule is C/N=C/C1CC[C@H](C(F)(F)F)C[C@@H]1N(C)CCO. The van der Waals surface area contributed by atoms with Gasteiger partial charge in [-0.15, -0.1) is 0 Å². The summed E-state index contributed by atoms with van der Waals surface area (Å²) in [7, 11) is 3.40. The fourth-order valence-electron chi connectivity index (χ4n) is 2.66. The highest BCUT2D eigenvalue weighted by atomic mass is 19.4. The van der Waals surface area contributed by atoms with Gasteiger partial charge in [0, 0.05) is 31.8 Å². The second-order valence-electron chi connectivity index (χ2n) is 4.89. The van der Waals surface area contributed by atoms with Gasteiger partial charge in [0.05, 0.1) is 12.5 Å². The summed E-state index contributed by atoms with van der Waals surface area (Å²) in [6, 6.07) is -0.193. The second-order valence-corrected chi connectivity index (χ2v) is 4.89. The Morgan fingerprint density at radius 3 is 2.56 bits per heavy atom. The van der Waals surface area contributed by atoms with Gasteiger partial charge in [-0.05, 0) is 26.3 Å². The first-order valence-electron chi connectivity index (χ1n) is 6.20. The third-order valence-electron chi connectivity index (χ3n) is 3.69.